The number of aryl methyl sites for hydroxylation is 1. The van der Waals surface area contributed by atoms with Gasteiger partial charge in [-0.05, 0) is 44.0 Å². The van der Waals surface area contributed by atoms with E-state index in [1.165, 1.54) is 11.3 Å². The lowest BCUT2D eigenvalue weighted by molar-refractivity contribution is 0.0527. The second-order valence-electron chi connectivity index (χ2n) is 4.99. The molecule has 0 unspecified atom stereocenters. The third-order valence-electron chi connectivity index (χ3n) is 3.42. The molecule has 2 aromatic rings. The maximum atomic E-state index is 12.4. The predicted molar refractivity (Wildman–Crippen MR) is 100 cm³/mol. The Balaban J connectivity index is 0.00000288. The standard InChI is InChI=1S/C17H20N2O3S.ClH/c1-4-13-10(3)23-16(14(13)17(21)22-5-2)19-15(20)11-7-6-8-12(18)9-11;/h6-9H,4-5,18H2,1-3H3,(H,19,20);1H. The van der Waals surface area contributed by atoms with Gasteiger partial charge >= 0.3 is 5.97 Å². The third kappa shape index (κ3) is 4.27. The van der Waals surface area contributed by atoms with Crippen molar-refractivity contribution in [1.29, 1.82) is 0 Å². The van der Waals surface area contributed by atoms with Gasteiger partial charge in [-0.3, -0.25) is 4.79 Å². The molecule has 1 amide bonds. The molecule has 0 bridgehead atoms. The molecule has 1 aromatic heterocycles. The van der Waals surface area contributed by atoms with Gasteiger partial charge in [0.05, 0.1) is 12.2 Å². The van der Waals surface area contributed by atoms with E-state index in [-0.39, 0.29) is 18.3 Å². The van der Waals surface area contributed by atoms with E-state index in [1.54, 1.807) is 31.2 Å². The number of thiophene rings is 1. The van der Waals surface area contributed by atoms with Crippen LogP contribution in [-0.4, -0.2) is 18.5 Å². The number of anilines is 2. The molecule has 0 spiro atoms. The van der Waals surface area contributed by atoms with Gasteiger partial charge in [-0.1, -0.05) is 13.0 Å². The van der Waals surface area contributed by atoms with E-state index < -0.39 is 5.97 Å². The van der Waals surface area contributed by atoms with Crippen molar-refractivity contribution in [2.45, 2.75) is 27.2 Å². The highest BCUT2D eigenvalue weighted by atomic mass is 35.5. The summed E-state index contributed by atoms with van der Waals surface area (Å²) in [6.45, 7) is 5.96. The van der Waals surface area contributed by atoms with Crippen LogP contribution in [-0.2, 0) is 11.2 Å². The minimum absolute atomic E-state index is 0. The maximum Gasteiger partial charge on any atom is 0.341 e. The Morgan fingerprint density at radius 2 is 2.00 bits per heavy atom. The van der Waals surface area contributed by atoms with Crippen LogP contribution in [0.3, 0.4) is 0 Å². The van der Waals surface area contributed by atoms with Crippen molar-refractivity contribution >= 4 is 46.3 Å². The van der Waals surface area contributed by atoms with Crippen molar-refractivity contribution < 1.29 is 14.3 Å². The van der Waals surface area contributed by atoms with E-state index in [4.69, 9.17) is 10.5 Å². The molecule has 0 radical (unpaired) electrons. The summed E-state index contributed by atoms with van der Waals surface area (Å²) >= 11 is 1.38. The van der Waals surface area contributed by atoms with E-state index in [0.717, 1.165) is 10.4 Å². The number of carbonyl (C=O) groups excluding carboxylic acids is 2. The van der Waals surface area contributed by atoms with E-state index in [9.17, 15) is 9.59 Å². The van der Waals surface area contributed by atoms with Crippen LogP contribution in [0.15, 0.2) is 24.3 Å². The van der Waals surface area contributed by atoms with E-state index >= 15 is 0 Å². The van der Waals surface area contributed by atoms with Crippen LogP contribution in [0.4, 0.5) is 10.7 Å². The zero-order valence-corrected chi connectivity index (χ0v) is 15.5. The predicted octanol–water partition coefficient (Wildman–Crippen LogP) is 4.05. The average Bonchev–Trinajstić information content (AvgIpc) is 2.82. The summed E-state index contributed by atoms with van der Waals surface area (Å²) in [5.74, 6) is -0.705. The third-order valence-corrected chi connectivity index (χ3v) is 4.48. The fraction of sp³-hybridized carbons (Fsp3) is 0.294. The lowest BCUT2D eigenvalue weighted by Gasteiger charge is -2.08. The molecule has 7 heteroatoms. The molecule has 1 heterocycles. The number of halogens is 1. The molecule has 0 aliphatic heterocycles. The normalized spacial score (nSPS) is 9.96. The second kappa shape index (κ2) is 8.70. The van der Waals surface area contributed by atoms with Gasteiger partial charge in [0.2, 0.25) is 0 Å². The van der Waals surface area contributed by atoms with Crippen LogP contribution >= 0.6 is 23.7 Å². The molecule has 130 valence electrons. The smallest absolute Gasteiger partial charge is 0.341 e. The summed E-state index contributed by atoms with van der Waals surface area (Å²) in [5, 5.41) is 3.33. The van der Waals surface area contributed by atoms with Crippen molar-refractivity contribution in [3.63, 3.8) is 0 Å². The molecule has 3 N–H and O–H groups in total. The number of carbonyl (C=O) groups is 2. The van der Waals surface area contributed by atoms with Crippen LogP contribution in [0, 0.1) is 6.92 Å². The zero-order chi connectivity index (χ0) is 17.0. The highest BCUT2D eigenvalue weighted by molar-refractivity contribution is 7.16. The van der Waals surface area contributed by atoms with Gasteiger partial charge in [0.15, 0.2) is 0 Å². The van der Waals surface area contributed by atoms with Gasteiger partial charge < -0.3 is 15.8 Å². The number of hydrogen-bond donors (Lipinski definition) is 2. The molecular formula is C17H21ClN2O3S. The van der Waals surface area contributed by atoms with Gasteiger partial charge in [0, 0.05) is 16.1 Å². The molecule has 5 nitrogen and oxygen atoms in total. The lowest BCUT2D eigenvalue weighted by atomic mass is 10.1. The quantitative estimate of drug-likeness (QED) is 0.616. The summed E-state index contributed by atoms with van der Waals surface area (Å²) in [6, 6.07) is 6.70. The Hall–Kier alpha value is -2.05. The molecule has 0 aliphatic carbocycles. The van der Waals surface area contributed by atoms with Crippen LogP contribution in [0.1, 0.15) is 45.0 Å². The number of amides is 1. The molecule has 0 fully saturated rings. The minimum atomic E-state index is -0.406. The van der Waals surface area contributed by atoms with Gasteiger partial charge in [0.25, 0.3) is 5.91 Å². The number of hydrogen-bond acceptors (Lipinski definition) is 5. The van der Waals surface area contributed by atoms with Crippen molar-refractivity contribution in [1.82, 2.24) is 0 Å². The summed E-state index contributed by atoms with van der Waals surface area (Å²) in [5.41, 5.74) is 8.03. The van der Waals surface area contributed by atoms with Crippen LogP contribution in [0.25, 0.3) is 0 Å². The fourth-order valence-electron chi connectivity index (χ4n) is 2.37. The average molecular weight is 369 g/mol. The van der Waals surface area contributed by atoms with E-state index in [0.29, 0.717) is 34.8 Å². The highest BCUT2D eigenvalue weighted by Gasteiger charge is 2.23. The Morgan fingerprint density at radius 3 is 2.58 bits per heavy atom. The number of nitrogens with one attached hydrogen (secondary N) is 1. The lowest BCUT2D eigenvalue weighted by Crippen LogP contribution is -2.15. The van der Waals surface area contributed by atoms with Gasteiger partial charge in [-0.15, -0.1) is 23.7 Å². The first kappa shape index (κ1) is 20.0. The number of nitrogens with two attached hydrogens (primary N) is 1. The largest absolute Gasteiger partial charge is 0.462 e. The second-order valence-corrected chi connectivity index (χ2v) is 6.22. The van der Waals surface area contributed by atoms with E-state index in [1.807, 2.05) is 13.8 Å². The fourth-order valence-corrected chi connectivity index (χ4v) is 3.49. The summed E-state index contributed by atoms with van der Waals surface area (Å²) in [6.07, 6.45) is 0.699. The maximum absolute atomic E-state index is 12.4. The monoisotopic (exact) mass is 368 g/mol. The molecule has 1 aromatic carbocycles. The Bertz CT molecular complexity index is 743. The molecule has 0 atom stereocenters. The van der Waals surface area contributed by atoms with Gasteiger partial charge in [-0.25, -0.2) is 4.79 Å². The summed E-state index contributed by atoms with van der Waals surface area (Å²) in [4.78, 5) is 25.6. The Kier molecular flexibility index (Phi) is 7.25. The zero-order valence-electron chi connectivity index (χ0n) is 13.8. The number of nitrogen functional groups attached to an aromatic ring is 1. The van der Waals surface area contributed by atoms with E-state index in [2.05, 4.69) is 5.32 Å². The number of esters is 1. The van der Waals surface area contributed by atoms with Crippen molar-refractivity contribution in [2.75, 3.05) is 17.7 Å². The Labute approximate surface area is 151 Å². The molecule has 0 saturated carbocycles. The first-order valence-electron chi connectivity index (χ1n) is 7.44. The summed E-state index contributed by atoms with van der Waals surface area (Å²) < 4.78 is 5.13. The van der Waals surface area contributed by atoms with Crippen LogP contribution in [0.5, 0.6) is 0 Å². The van der Waals surface area contributed by atoms with Crippen molar-refractivity contribution in [3.05, 3.63) is 45.8 Å². The molecular weight excluding hydrogens is 348 g/mol. The van der Waals surface area contributed by atoms with Gasteiger partial charge in [-0.2, -0.15) is 0 Å². The van der Waals surface area contributed by atoms with Crippen LogP contribution in [0.2, 0.25) is 0 Å². The molecule has 0 aliphatic rings. The van der Waals surface area contributed by atoms with Crippen molar-refractivity contribution in [3.8, 4) is 0 Å². The SMILES string of the molecule is CCOC(=O)c1c(NC(=O)c2cccc(N)c2)sc(C)c1CC.Cl. The number of ether oxygens (including phenoxy) is 1. The number of rotatable bonds is 5. The highest BCUT2D eigenvalue weighted by Crippen LogP contribution is 2.34. The Morgan fingerprint density at radius 1 is 1.29 bits per heavy atom. The first-order chi connectivity index (χ1) is 11.0. The first-order valence-corrected chi connectivity index (χ1v) is 8.25. The minimum Gasteiger partial charge on any atom is -0.462 e. The molecule has 2 rings (SSSR count). The van der Waals surface area contributed by atoms with Gasteiger partial charge in [0.1, 0.15) is 5.00 Å². The topological polar surface area (TPSA) is 81.4 Å². The van der Waals surface area contributed by atoms with Crippen molar-refractivity contribution in [2.24, 2.45) is 0 Å². The number of benzene rings is 1. The molecule has 24 heavy (non-hydrogen) atoms. The summed E-state index contributed by atoms with van der Waals surface area (Å²) in [7, 11) is 0. The van der Waals surface area contributed by atoms with Crippen LogP contribution < -0.4 is 11.1 Å². The molecule has 0 saturated heterocycles.